The Bertz CT molecular complexity index is 586. The highest BCUT2D eigenvalue weighted by Gasteiger charge is 2.44. The summed E-state index contributed by atoms with van der Waals surface area (Å²) in [5.74, 6) is -0.746. The summed E-state index contributed by atoms with van der Waals surface area (Å²) in [6, 6.07) is 7.52. The smallest absolute Gasteiger partial charge is 0.314 e. The van der Waals surface area contributed by atoms with Gasteiger partial charge in [0.2, 0.25) is 0 Å². The molecule has 1 aliphatic carbocycles. The van der Waals surface area contributed by atoms with E-state index in [1.807, 2.05) is 24.3 Å². The van der Waals surface area contributed by atoms with E-state index in [9.17, 15) is 9.90 Å². The van der Waals surface area contributed by atoms with E-state index in [2.05, 4.69) is 10.2 Å². The predicted octanol–water partition coefficient (Wildman–Crippen LogP) is 2.16. The minimum Gasteiger partial charge on any atom is -0.481 e. The first kappa shape index (κ1) is 11.9. The summed E-state index contributed by atoms with van der Waals surface area (Å²) in [5, 5.41) is 17.9. The van der Waals surface area contributed by atoms with Crippen LogP contribution in [0, 0.1) is 0 Å². The van der Waals surface area contributed by atoms with Gasteiger partial charge in [-0.1, -0.05) is 31.0 Å². The average Bonchev–Trinajstić information content (AvgIpc) is 3.11. The van der Waals surface area contributed by atoms with Gasteiger partial charge in [-0.25, -0.2) is 0 Å². The third-order valence-electron chi connectivity index (χ3n) is 3.92. The molecule has 0 aliphatic heterocycles. The van der Waals surface area contributed by atoms with Crippen molar-refractivity contribution in [3.05, 3.63) is 42.2 Å². The number of hydrogen-bond acceptors (Lipinski definition) is 3. The van der Waals surface area contributed by atoms with Gasteiger partial charge in [0.1, 0.15) is 0 Å². The fourth-order valence-corrected chi connectivity index (χ4v) is 2.97. The van der Waals surface area contributed by atoms with Gasteiger partial charge in [-0.3, -0.25) is 4.79 Å². The number of carboxylic acids is 1. The molecule has 1 aromatic carbocycles. The second-order valence-electron chi connectivity index (χ2n) is 4.93. The van der Waals surface area contributed by atoms with Crippen molar-refractivity contribution in [2.24, 2.45) is 0 Å². The largest absolute Gasteiger partial charge is 0.481 e. The lowest BCUT2D eigenvalue weighted by atomic mass is 9.78. The van der Waals surface area contributed by atoms with Crippen LogP contribution in [0.2, 0.25) is 0 Å². The van der Waals surface area contributed by atoms with E-state index in [0.717, 1.165) is 24.1 Å². The van der Waals surface area contributed by atoms with Gasteiger partial charge in [0, 0.05) is 0 Å². The minimum absolute atomic E-state index is 0.681. The number of aliphatic carboxylic acids is 1. The standard InChI is InChI=1S/C14H15N3O2/c18-13(19)14(7-3-4-8-14)11-5-1-2-6-12(11)17-15-9-10-16-17/h1-2,5-6,9-10H,3-4,7-8H2,(H,18,19). The maximum absolute atomic E-state index is 11.8. The van der Waals surface area contributed by atoms with Crippen LogP contribution in [-0.2, 0) is 10.2 Å². The molecule has 1 aromatic heterocycles. The highest BCUT2D eigenvalue weighted by Crippen LogP contribution is 2.43. The molecule has 3 rings (SSSR count). The molecule has 0 atom stereocenters. The Morgan fingerprint density at radius 1 is 1.16 bits per heavy atom. The topological polar surface area (TPSA) is 68.0 Å². The Morgan fingerprint density at radius 3 is 2.42 bits per heavy atom. The molecule has 5 heteroatoms. The summed E-state index contributed by atoms with van der Waals surface area (Å²) < 4.78 is 0. The van der Waals surface area contributed by atoms with Crippen LogP contribution >= 0.6 is 0 Å². The molecule has 0 saturated heterocycles. The first-order valence-electron chi connectivity index (χ1n) is 6.44. The molecule has 0 radical (unpaired) electrons. The number of nitrogens with zero attached hydrogens (tertiary/aromatic N) is 3. The van der Waals surface area contributed by atoms with Gasteiger partial charge in [-0.05, 0) is 24.5 Å². The summed E-state index contributed by atoms with van der Waals surface area (Å²) in [6.07, 6.45) is 6.46. The van der Waals surface area contributed by atoms with E-state index >= 15 is 0 Å². The molecule has 5 nitrogen and oxygen atoms in total. The number of hydrogen-bond donors (Lipinski definition) is 1. The second kappa shape index (κ2) is 4.50. The monoisotopic (exact) mass is 257 g/mol. The quantitative estimate of drug-likeness (QED) is 0.915. The zero-order valence-corrected chi connectivity index (χ0v) is 10.5. The molecule has 2 aromatic rings. The number of aromatic nitrogens is 3. The van der Waals surface area contributed by atoms with Crippen LogP contribution in [-0.4, -0.2) is 26.1 Å². The summed E-state index contributed by atoms with van der Waals surface area (Å²) in [6.45, 7) is 0. The Balaban J connectivity index is 2.17. The molecule has 0 unspecified atom stereocenters. The zero-order chi connectivity index (χ0) is 13.3. The van der Waals surface area contributed by atoms with Crippen molar-refractivity contribution in [3.8, 4) is 5.69 Å². The van der Waals surface area contributed by atoms with Crippen LogP contribution in [0.5, 0.6) is 0 Å². The van der Waals surface area contributed by atoms with E-state index in [-0.39, 0.29) is 0 Å². The molecule has 0 amide bonds. The molecule has 98 valence electrons. The second-order valence-corrected chi connectivity index (χ2v) is 4.93. The van der Waals surface area contributed by atoms with Crippen LogP contribution in [0.4, 0.5) is 0 Å². The maximum Gasteiger partial charge on any atom is 0.314 e. The molecule has 0 bridgehead atoms. The van der Waals surface area contributed by atoms with E-state index in [0.29, 0.717) is 12.8 Å². The number of carbonyl (C=O) groups is 1. The van der Waals surface area contributed by atoms with Crippen molar-refractivity contribution in [1.82, 2.24) is 15.0 Å². The van der Waals surface area contributed by atoms with E-state index in [1.165, 1.54) is 4.80 Å². The van der Waals surface area contributed by atoms with Gasteiger partial charge in [0.25, 0.3) is 0 Å². The van der Waals surface area contributed by atoms with Gasteiger partial charge in [-0.2, -0.15) is 15.0 Å². The lowest BCUT2D eigenvalue weighted by molar-refractivity contribution is -0.143. The fourth-order valence-electron chi connectivity index (χ4n) is 2.97. The van der Waals surface area contributed by atoms with Crippen LogP contribution in [0.3, 0.4) is 0 Å². The Morgan fingerprint density at radius 2 is 1.79 bits per heavy atom. The third kappa shape index (κ3) is 1.82. The van der Waals surface area contributed by atoms with E-state index in [4.69, 9.17) is 0 Å². The van der Waals surface area contributed by atoms with Crippen molar-refractivity contribution in [2.75, 3.05) is 0 Å². The third-order valence-corrected chi connectivity index (χ3v) is 3.92. The Hall–Kier alpha value is -2.17. The van der Waals surface area contributed by atoms with Gasteiger partial charge in [0.15, 0.2) is 0 Å². The summed E-state index contributed by atoms with van der Waals surface area (Å²) >= 11 is 0. The summed E-state index contributed by atoms with van der Waals surface area (Å²) in [7, 11) is 0. The lowest BCUT2D eigenvalue weighted by Crippen LogP contribution is -2.34. The van der Waals surface area contributed by atoms with Crippen molar-refractivity contribution >= 4 is 5.97 Å². The summed E-state index contributed by atoms with van der Waals surface area (Å²) in [4.78, 5) is 13.3. The number of rotatable bonds is 3. The summed E-state index contributed by atoms with van der Waals surface area (Å²) in [5.41, 5.74) is 0.789. The lowest BCUT2D eigenvalue weighted by Gasteiger charge is -2.26. The molecule has 1 aliphatic rings. The highest BCUT2D eigenvalue weighted by atomic mass is 16.4. The van der Waals surface area contributed by atoms with Crippen molar-refractivity contribution < 1.29 is 9.90 Å². The maximum atomic E-state index is 11.8. The van der Waals surface area contributed by atoms with Gasteiger partial charge in [-0.15, -0.1) is 0 Å². The van der Waals surface area contributed by atoms with Crippen LogP contribution in [0.15, 0.2) is 36.7 Å². The van der Waals surface area contributed by atoms with Crippen molar-refractivity contribution in [1.29, 1.82) is 0 Å². The fraction of sp³-hybridized carbons (Fsp3) is 0.357. The van der Waals surface area contributed by atoms with Gasteiger partial charge in [0.05, 0.1) is 23.5 Å². The van der Waals surface area contributed by atoms with Gasteiger partial charge >= 0.3 is 5.97 Å². The molecule has 1 saturated carbocycles. The van der Waals surface area contributed by atoms with E-state index < -0.39 is 11.4 Å². The van der Waals surface area contributed by atoms with Crippen molar-refractivity contribution in [3.63, 3.8) is 0 Å². The minimum atomic E-state index is -0.787. The number of para-hydroxylation sites is 1. The number of carboxylic acid groups (broad SMARTS) is 1. The van der Waals surface area contributed by atoms with Crippen LogP contribution in [0.25, 0.3) is 5.69 Å². The van der Waals surface area contributed by atoms with Crippen LogP contribution < -0.4 is 0 Å². The molecule has 1 N–H and O–H groups in total. The molecular weight excluding hydrogens is 242 g/mol. The average molecular weight is 257 g/mol. The molecular formula is C14H15N3O2. The normalized spacial score (nSPS) is 17.5. The SMILES string of the molecule is O=C(O)C1(c2ccccc2-n2nccn2)CCCC1. The van der Waals surface area contributed by atoms with E-state index in [1.54, 1.807) is 12.4 Å². The Kier molecular flexibility index (Phi) is 2.81. The predicted molar refractivity (Wildman–Crippen MR) is 69.1 cm³/mol. The first-order valence-corrected chi connectivity index (χ1v) is 6.44. The first-order chi connectivity index (χ1) is 9.24. The molecule has 0 spiro atoms. The van der Waals surface area contributed by atoms with Crippen LogP contribution in [0.1, 0.15) is 31.2 Å². The highest BCUT2D eigenvalue weighted by molar-refractivity contribution is 5.83. The van der Waals surface area contributed by atoms with Crippen molar-refractivity contribution in [2.45, 2.75) is 31.1 Å². The zero-order valence-electron chi connectivity index (χ0n) is 10.5. The Labute approximate surface area is 110 Å². The molecule has 1 heterocycles. The van der Waals surface area contributed by atoms with Gasteiger partial charge < -0.3 is 5.11 Å². The number of benzene rings is 1. The molecule has 1 fully saturated rings. The molecule has 19 heavy (non-hydrogen) atoms.